The van der Waals surface area contributed by atoms with Gasteiger partial charge in [0.1, 0.15) is 34.7 Å². The van der Waals surface area contributed by atoms with Gasteiger partial charge in [-0.15, -0.1) is 0 Å². The molecule has 3 N–H and O–H groups in total. The standard InChI is InChI=1S/C23H30N4O3.C18H19N3O4.C4H12N2/c1-23(30-4)7-10-27(11-8-23)22-17-13-19(20(28)6-5-9-26(2)3)25-15-16(17)12-21(29)18(22)14-24;1-18(25-2)3-5-21(6-4-18)16-12-8-14(17(23)24)20-10-11(12)7-15(22)13(16)9-19;1-6(2)4-3-5/h13,15H,5-12H2,1-4H3;8,10H,3-7H2,1-2H3,(H,23,24);3-5H2,1-2H3. The number of nitrogens with two attached hydrogens (primary N) is 1. The highest BCUT2D eigenvalue weighted by Gasteiger charge is 2.37. The van der Waals surface area contributed by atoms with Crippen molar-refractivity contribution in [3.8, 4) is 12.1 Å². The largest absolute Gasteiger partial charge is 0.477 e. The molecule has 0 radical (unpaired) electrons. The number of ketones is 3. The summed E-state index contributed by atoms with van der Waals surface area (Å²) in [6.45, 7) is 9.32. The number of hydrogen-bond acceptors (Lipinski definition) is 15. The van der Waals surface area contributed by atoms with Gasteiger partial charge >= 0.3 is 5.97 Å². The Labute approximate surface area is 359 Å². The van der Waals surface area contributed by atoms with Crippen LogP contribution in [0.2, 0.25) is 0 Å². The van der Waals surface area contributed by atoms with Crippen LogP contribution in [0.25, 0.3) is 11.4 Å². The van der Waals surface area contributed by atoms with Crippen LogP contribution in [0.3, 0.4) is 0 Å². The summed E-state index contributed by atoms with van der Waals surface area (Å²) in [6.07, 6.45) is 7.56. The maximum Gasteiger partial charge on any atom is 0.354 e. The van der Waals surface area contributed by atoms with Crippen molar-refractivity contribution >= 4 is 34.7 Å². The Bertz CT molecular complexity index is 2100. The van der Waals surface area contributed by atoms with Gasteiger partial charge in [-0.1, -0.05) is 0 Å². The van der Waals surface area contributed by atoms with Crippen molar-refractivity contribution in [2.75, 3.05) is 88.2 Å². The Hall–Kier alpha value is -5.36. The number of aromatic carboxylic acids is 1. The van der Waals surface area contributed by atoms with Gasteiger partial charge in [0.25, 0.3) is 0 Å². The number of ether oxygens (including phenoxy) is 2. The molecule has 4 aliphatic rings. The fourth-order valence-corrected chi connectivity index (χ4v) is 7.66. The van der Waals surface area contributed by atoms with Crippen LogP contribution in [-0.4, -0.2) is 157 Å². The van der Waals surface area contributed by atoms with Gasteiger partial charge in [-0.25, -0.2) is 9.78 Å². The molecule has 2 saturated heterocycles. The number of likely N-dealkylation sites (N-methyl/N-ethyl adjacent to an activating group) is 1. The highest BCUT2D eigenvalue weighted by molar-refractivity contribution is 6.11. The van der Waals surface area contributed by atoms with Crippen LogP contribution in [0.5, 0.6) is 0 Å². The Morgan fingerprint density at radius 2 is 1.18 bits per heavy atom. The van der Waals surface area contributed by atoms with E-state index in [0.717, 1.165) is 62.9 Å². The molecule has 0 bridgehead atoms. The number of carboxylic acids is 1. The normalized spacial score (nSPS) is 18.0. The van der Waals surface area contributed by atoms with Crippen LogP contribution in [0.15, 0.2) is 35.7 Å². The molecule has 16 nitrogen and oxygen atoms in total. The Kier molecular flexibility index (Phi) is 17.0. The first kappa shape index (κ1) is 48.3. The lowest BCUT2D eigenvalue weighted by molar-refractivity contribution is -0.115. The van der Waals surface area contributed by atoms with Crippen LogP contribution in [-0.2, 0) is 31.9 Å². The van der Waals surface area contributed by atoms with Crippen LogP contribution in [0.1, 0.15) is 95.6 Å². The summed E-state index contributed by atoms with van der Waals surface area (Å²) in [5, 5.41) is 28.4. The highest BCUT2D eigenvalue weighted by atomic mass is 16.5. The van der Waals surface area contributed by atoms with Crippen molar-refractivity contribution in [3.63, 3.8) is 0 Å². The Balaban J connectivity index is 0.000000240. The highest BCUT2D eigenvalue weighted by Crippen LogP contribution is 2.38. The number of methoxy groups -OCH3 is 2. The predicted molar refractivity (Wildman–Crippen MR) is 230 cm³/mol. The molecular weight excluding hydrogens is 779 g/mol. The SMILES string of the molecule is CN(C)CCN.COC1(C)CCN(C2=C(C#N)C(=O)Cc3cnc(C(=O)CCCN(C)C)cc32)CC1.COC1(C)CCN(C2=C(C#N)C(=O)Cc3cnc(C(=O)O)cc32)CC1. The van der Waals surface area contributed by atoms with Crippen molar-refractivity contribution < 1.29 is 33.8 Å². The second kappa shape index (κ2) is 21.4. The molecule has 0 aromatic carbocycles. The topological polar surface area (TPSA) is 219 Å². The zero-order valence-electron chi connectivity index (χ0n) is 37.0. The number of fused-ring (bicyclic) bond motifs is 2. The van der Waals surface area contributed by atoms with Crippen LogP contribution in [0.4, 0.5) is 0 Å². The van der Waals surface area contributed by atoms with Crippen molar-refractivity contribution in [1.82, 2.24) is 29.6 Å². The lowest BCUT2D eigenvalue weighted by Crippen LogP contribution is -2.43. The number of Topliss-reactive ketones (excluding diaryl/α,β-unsaturated/α-hetero) is 3. The number of piperidine rings is 2. The Morgan fingerprint density at radius 1 is 0.770 bits per heavy atom. The summed E-state index contributed by atoms with van der Waals surface area (Å²) < 4.78 is 11.2. The maximum atomic E-state index is 12.7. The van der Waals surface area contributed by atoms with E-state index >= 15 is 0 Å². The first-order valence-electron chi connectivity index (χ1n) is 20.6. The fourth-order valence-electron chi connectivity index (χ4n) is 7.66. The van der Waals surface area contributed by atoms with Gasteiger partial charge in [-0.2, -0.15) is 10.5 Å². The Morgan fingerprint density at radius 3 is 1.52 bits per heavy atom. The predicted octanol–water partition coefficient (Wildman–Crippen LogP) is 3.61. The van der Waals surface area contributed by atoms with Crippen molar-refractivity contribution in [3.05, 3.63) is 69.3 Å². The second-order valence-corrected chi connectivity index (χ2v) is 16.8. The molecule has 0 saturated carbocycles. The van der Waals surface area contributed by atoms with E-state index in [1.165, 1.54) is 12.3 Å². The number of nitrogens with zero attached hydrogens (tertiary/aromatic N) is 8. The number of aromatic nitrogens is 2. The van der Waals surface area contributed by atoms with E-state index in [-0.39, 0.29) is 58.2 Å². The zero-order valence-corrected chi connectivity index (χ0v) is 37.0. The number of rotatable bonds is 12. The number of nitriles is 2. The number of pyridine rings is 2. The van der Waals surface area contributed by atoms with Crippen molar-refractivity contribution in [2.24, 2.45) is 5.73 Å². The number of carbonyl (C=O) groups is 4. The summed E-state index contributed by atoms with van der Waals surface area (Å²) in [6, 6.07) is 7.37. The number of likely N-dealkylation sites (tertiary alicyclic amines) is 2. The van der Waals surface area contributed by atoms with Crippen molar-refractivity contribution in [2.45, 2.75) is 76.4 Å². The van der Waals surface area contributed by atoms with Gasteiger partial charge in [0, 0.05) is 96.3 Å². The minimum atomic E-state index is -1.14. The third-order valence-electron chi connectivity index (χ3n) is 11.8. The molecule has 2 aromatic heterocycles. The fraction of sp³-hybridized carbons (Fsp3) is 0.556. The summed E-state index contributed by atoms with van der Waals surface area (Å²) in [5.74, 6) is -1.59. The third-order valence-corrected chi connectivity index (χ3v) is 11.8. The minimum Gasteiger partial charge on any atom is -0.477 e. The number of hydrogen-bond donors (Lipinski definition) is 2. The van der Waals surface area contributed by atoms with Crippen LogP contribution in [0, 0.1) is 22.7 Å². The summed E-state index contributed by atoms with van der Waals surface area (Å²) >= 11 is 0. The number of allylic oxidation sites excluding steroid dienone is 2. The summed E-state index contributed by atoms with van der Waals surface area (Å²) in [5.41, 5.74) is 9.35. The lowest BCUT2D eigenvalue weighted by Gasteiger charge is -2.41. The van der Waals surface area contributed by atoms with E-state index in [2.05, 4.69) is 32.8 Å². The van der Waals surface area contributed by atoms with Crippen molar-refractivity contribution in [1.29, 1.82) is 10.5 Å². The summed E-state index contributed by atoms with van der Waals surface area (Å²) in [4.78, 5) is 65.3. The van der Waals surface area contributed by atoms with E-state index in [1.54, 1.807) is 26.5 Å². The van der Waals surface area contributed by atoms with Crippen LogP contribution >= 0.6 is 0 Å². The smallest absolute Gasteiger partial charge is 0.354 e. The van der Waals surface area contributed by atoms with Gasteiger partial charge in [0.2, 0.25) is 0 Å². The molecule has 2 aromatic rings. The van der Waals surface area contributed by atoms with E-state index in [1.807, 2.05) is 51.0 Å². The van der Waals surface area contributed by atoms with Gasteiger partial charge < -0.3 is 39.9 Å². The molecule has 61 heavy (non-hydrogen) atoms. The van der Waals surface area contributed by atoms with Gasteiger partial charge in [-0.3, -0.25) is 19.4 Å². The molecule has 0 atom stereocenters. The van der Waals surface area contributed by atoms with E-state index in [9.17, 15) is 34.8 Å². The average molecular weight is 840 g/mol. The minimum absolute atomic E-state index is 0.0139. The molecule has 0 spiro atoms. The molecular formula is C45H61N9O7. The molecule has 2 aliphatic heterocycles. The molecule has 4 heterocycles. The molecule has 2 fully saturated rings. The molecule has 2 aliphatic carbocycles. The van der Waals surface area contributed by atoms with Gasteiger partial charge in [-0.05, 0) is 104 Å². The van der Waals surface area contributed by atoms with Crippen LogP contribution < -0.4 is 5.73 Å². The molecule has 0 amide bonds. The summed E-state index contributed by atoms with van der Waals surface area (Å²) in [7, 11) is 11.4. The first-order chi connectivity index (χ1) is 28.9. The quantitative estimate of drug-likeness (QED) is 0.292. The van der Waals surface area contributed by atoms with Gasteiger partial charge in [0.05, 0.1) is 22.6 Å². The lowest BCUT2D eigenvalue weighted by atomic mass is 9.86. The van der Waals surface area contributed by atoms with E-state index in [0.29, 0.717) is 60.8 Å². The molecule has 328 valence electrons. The molecule has 0 unspecified atom stereocenters. The third kappa shape index (κ3) is 12.1. The first-order valence-corrected chi connectivity index (χ1v) is 20.6. The van der Waals surface area contributed by atoms with E-state index < -0.39 is 5.97 Å². The molecule has 6 rings (SSSR count). The zero-order chi connectivity index (χ0) is 45.1. The number of carbonyl (C=O) groups excluding carboxylic acids is 3. The van der Waals surface area contributed by atoms with Gasteiger partial charge in [0.15, 0.2) is 17.3 Å². The second-order valence-electron chi connectivity index (χ2n) is 16.8. The average Bonchev–Trinajstić information content (AvgIpc) is 3.23. The maximum absolute atomic E-state index is 12.7. The molecule has 16 heteroatoms. The number of carboxylic acid groups (broad SMARTS) is 1. The van der Waals surface area contributed by atoms with E-state index in [4.69, 9.17) is 15.2 Å². The monoisotopic (exact) mass is 839 g/mol.